The SMILES string of the molecule is COCCCSc1ccc(Cl)c(C(=O)O)c1. The van der Waals surface area contributed by atoms with E-state index in [4.69, 9.17) is 21.4 Å². The van der Waals surface area contributed by atoms with Gasteiger partial charge in [-0.1, -0.05) is 11.6 Å². The molecule has 0 bridgehead atoms. The highest BCUT2D eigenvalue weighted by atomic mass is 35.5. The maximum Gasteiger partial charge on any atom is 0.337 e. The van der Waals surface area contributed by atoms with Crippen LogP contribution in [0, 0.1) is 0 Å². The molecule has 0 unspecified atom stereocenters. The first kappa shape index (κ1) is 13.4. The van der Waals surface area contributed by atoms with Gasteiger partial charge in [0.25, 0.3) is 0 Å². The summed E-state index contributed by atoms with van der Waals surface area (Å²) in [6, 6.07) is 5.04. The first-order valence-electron chi connectivity index (χ1n) is 4.79. The van der Waals surface area contributed by atoms with Crippen LogP contribution in [0.2, 0.25) is 5.02 Å². The zero-order valence-electron chi connectivity index (χ0n) is 8.90. The van der Waals surface area contributed by atoms with Crippen molar-refractivity contribution < 1.29 is 14.6 Å². The average molecular weight is 261 g/mol. The Balaban J connectivity index is 2.61. The Hall–Kier alpha value is -0.710. The minimum absolute atomic E-state index is 0.151. The van der Waals surface area contributed by atoms with E-state index >= 15 is 0 Å². The van der Waals surface area contributed by atoms with E-state index in [9.17, 15) is 4.79 Å². The van der Waals surface area contributed by atoms with Crippen molar-refractivity contribution in [3.8, 4) is 0 Å². The highest BCUT2D eigenvalue weighted by molar-refractivity contribution is 7.99. The topological polar surface area (TPSA) is 46.5 Å². The summed E-state index contributed by atoms with van der Waals surface area (Å²) in [5.74, 6) is -0.0986. The third kappa shape index (κ3) is 4.04. The second-order valence-corrected chi connectivity index (χ2v) is 4.72. The summed E-state index contributed by atoms with van der Waals surface area (Å²) in [6.45, 7) is 0.715. The fraction of sp³-hybridized carbons (Fsp3) is 0.364. The van der Waals surface area contributed by atoms with Gasteiger partial charge in [-0.3, -0.25) is 0 Å². The van der Waals surface area contributed by atoms with Crippen LogP contribution >= 0.6 is 23.4 Å². The number of hydrogen-bond donors (Lipinski definition) is 1. The van der Waals surface area contributed by atoms with Gasteiger partial charge in [0.2, 0.25) is 0 Å². The summed E-state index contributed by atoms with van der Waals surface area (Å²) >= 11 is 7.36. The normalized spacial score (nSPS) is 10.4. The van der Waals surface area contributed by atoms with E-state index in [0.717, 1.165) is 17.1 Å². The number of carbonyl (C=O) groups is 1. The first-order valence-corrected chi connectivity index (χ1v) is 6.16. The summed E-state index contributed by atoms with van der Waals surface area (Å²) in [5.41, 5.74) is 0.151. The lowest BCUT2D eigenvalue weighted by molar-refractivity contribution is 0.0697. The van der Waals surface area contributed by atoms with Gasteiger partial charge in [0.05, 0.1) is 10.6 Å². The smallest absolute Gasteiger partial charge is 0.337 e. The van der Waals surface area contributed by atoms with Gasteiger partial charge in [0, 0.05) is 24.4 Å². The molecule has 0 saturated heterocycles. The number of benzene rings is 1. The predicted molar refractivity (Wildman–Crippen MR) is 65.6 cm³/mol. The van der Waals surface area contributed by atoms with Crippen molar-refractivity contribution in [2.75, 3.05) is 19.5 Å². The standard InChI is InChI=1S/C11H13ClO3S/c1-15-5-2-6-16-8-3-4-10(12)9(7-8)11(13)14/h3-4,7H,2,5-6H2,1H3,(H,13,14). The molecule has 88 valence electrons. The molecular weight excluding hydrogens is 248 g/mol. The number of carboxylic acid groups (broad SMARTS) is 1. The molecule has 0 radical (unpaired) electrons. The molecule has 5 heteroatoms. The minimum Gasteiger partial charge on any atom is -0.478 e. The molecule has 0 fully saturated rings. The van der Waals surface area contributed by atoms with E-state index in [1.807, 2.05) is 6.07 Å². The van der Waals surface area contributed by atoms with E-state index in [1.165, 1.54) is 0 Å². The van der Waals surface area contributed by atoms with Gasteiger partial charge in [-0.15, -0.1) is 11.8 Å². The van der Waals surface area contributed by atoms with Crippen LogP contribution in [0.25, 0.3) is 0 Å². The van der Waals surface area contributed by atoms with E-state index in [2.05, 4.69) is 0 Å². The van der Waals surface area contributed by atoms with Crippen molar-refractivity contribution in [1.82, 2.24) is 0 Å². The van der Waals surface area contributed by atoms with Crippen molar-refractivity contribution in [2.45, 2.75) is 11.3 Å². The molecule has 0 atom stereocenters. The van der Waals surface area contributed by atoms with Crippen LogP contribution in [-0.2, 0) is 4.74 Å². The molecule has 0 heterocycles. The van der Waals surface area contributed by atoms with Crippen LogP contribution in [0.4, 0.5) is 0 Å². The van der Waals surface area contributed by atoms with Gasteiger partial charge in [-0.05, 0) is 24.6 Å². The zero-order valence-corrected chi connectivity index (χ0v) is 10.5. The Bertz CT molecular complexity index is 368. The van der Waals surface area contributed by atoms with Gasteiger partial charge in [-0.2, -0.15) is 0 Å². The van der Waals surface area contributed by atoms with Crippen molar-refractivity contribution in [2.24, 2.45) is 0 Å². The lowest BCUT2D eigenvalue weighted by atomic mass is 10.2. The van der Waals surface area contributed by atoms with Crippen molar-refractivity contribution in [1.29, 1.82) is 0 Å². The summed E-state index contributed by atoms with van der Waals surface area (Å²) < 4.78 is 4.93. The van der Waals surface area contributed by atoms with E-state index in [0.29, 0.717) is 6.61 Å². The van der Waals surface area contributed by atoms with E-state index in [1.54, 1.807) is 31.0 Å². The number of halogens is 1. The fourth-order valence-corrected chi connectivity index (χ4v) is 2.21. The molecular formula is C11H13ClO3S. The molecule has 0 aliphatic carbocycles. The lowest BCUT2D eigenvalue weighted by Gasteiger charge is -2.04. The van der Waals surface area contributed by atoms with Crippen LogP contribution in [0.1, 0.15) is 16.8 Å². The number of aromatic carboxylic acids is 1. The van der Waals surface area contributed by atoms with E-state index < -0.39 is 5.97 Å². The molecule has 1 N–H and O–H groups in total. The Kier molecular flexibility index (Phi) is 5.66. The molecule has 3 nitrogen and oxygen atoms in total. The maximum absolute atomic E-state index is 10.8. The average Bonchev–Trinajstić information content (AvgIpc) is 2.26. The van der Waals surface area contributed by atoms with Crippen LogP contribution in [0.3, 0.4) is 0 Å². The van der Waals surface area contributed by atoms with Gasteiger partial charge < -0.3 is 9.84 Å². The Morgan fingerprint density at radius 2 is 2.31 bits per heavy atom. The number of rotatable bonds is 6. The summed E-state index contributed by atoms with van der Waals surface area (Å²) in [5, 5.41) is 9.16. The number of hydrogen-bond acceptors (Lipinski definition) is 3. The molecule has 1 aromatic carbocycles. The lowest BCUT2D eigenvalue weighted by Crippen LogP contribution is -1.97. The third-order valence-corrected chi connectivity index (χ3v) is 3.34. The number of ether oxygens (including phenoxy) is 1. The molecule has 1 aromatic rings. The van der Waals surface area contributed by atoms with Gasteiger partial charge in [0.1, 0.15) is 0 Å². The van der Waals surface area contributed by atoms with Crippen LogP contribution < -0.4 is 0 Å². The summed E-state index contributed by atoms with van der Waals surface area (Å²) in [7, 11) is 1.66. The van der Waals surface area contributed by atoms with Crippen molar-refractivity contribution in [3.05, 3.63) is 28.8 Å². The fourth-order valence-electron chi connectivity index (χ4n) is 1.15. The van der Waals surface area contributed by atoms with Crippen LogP contribution in [-0.4, -0.2) is 30.5 Å². The second-order valence-electron chi connectivity index (χ2n) is 3.14. The largest absolute Gasteiger partial charge is 0.478 e. The molecule has 1 rings (SSSR count). The molecule has 0 saturated carbocycles. The number of thioether (sulfide) groups is 1. The second kappa shape index (κ2) is 6.78. The van der Waals surface area contributed by atoms with E-state index in [-0.39, 0.29) is 10.6 Å². The first-order chi connectivity index (χ1) is 7.65. The molecule has 0 aliphatic rings. The molecule has 0 amide bonds. The van der Waals surface area contributed by atoms with Crippen LogP contribution in [0.5, 0.6) is 0 Å². The Morgan fingerprint density at radius 3 is 2.94 bits per heavy atom. The predicted octanol–water partition coefficient (Wildman–Crippen LogP) is 3.17. The number of carboxylic acids is 1. The molecule has 0 aliphatic heterocycles. The summed E-state index contributed by atoms with van der Waals surface area (Å²) in [4.78, 5) is 11.8. The van der Waals surface area contributed by atoms with Gasteiger partial charge in [-0.25, -0.2) is 4.79 Å². The van der Waals surface area contributed by atoms with Crippen molar-refractivity contribution >= 4 is 29.3 Å². The number of methoxy groups -OCH3 is 1. The molecule has 0 spiro atoms. The van der Waals surface area contributed by atoms with Crippen LogP contribution in [0.15, 0.2) is 23.1 Å². The minimum atomic E-state index is -0.996. The van der Waals surface area contributed by atoms with Gasteiger partial charge in [0.15, 0.2) is 0 Å². The highest BCUT2D eigenvalue weighted by Crippen LogP contribution is 2.25. The van der Waals surface area contributed by atoms with Gasteiger partial charge >= 0.3 is 5.97 Å². The molecule has 0 aromatic heterocycles. The van der Waals surface area contributed by atoms with Crippen molar-refractivity contribution in [3.63, 3.8) is 0 Å². The Labute approximate surface area is 104 Å². The highest BCUT2D eigenvalue weighted by Gasteiger charge is 2.09. The Morgan fingerprint density at radius 1 is 1.56 bits per heavy atom. The zero-order chi connectivity index (χ0) is 12.0. The maximum atomic E-state index is 10.8. The quantitative estimate of drug-likeness (QED) is 0.630. The molecule has 16 heavy (non-hydrogen) atoms. The summed E-state index contributed by atoms with van der Waals surface area (Å²) in [6.07, 6.45) is 0.937. The monoisotopic (exact) mass is 260 g/mol. The third-order valence-electron chi connectivity index (χ3n) is 1.93.